The van der Waals surface area contributed by atoms with E-state index in [-0.39, 0.29) is 17.7 Å². The lowest BCUT2D eigenvalue weighted by Gasteiger charge is -2.19. The van der Waals surface area contributed by atoms with Crippen molar-refractivity contribution in [3.8, 4) is 0 Å². The number of benzene rings is 1. The first-order chi connectivity index (χ1) is 6.93. The topological polar surface area (TPSA) is 26.0 Å². The maximum Gasteiger partial charge on any atom is 0.126 e. The van der Waals surface area contributed by atoms with E-state index in [0.717, 1.165) is 4.47 Å². The van der Waals surface area contributed by atoms with Gasteiger partial charge < -0.3 is 5.73 Å². The number of thiocarbonyl (C=S) groups is 1. The molecule has 0 fully saturated rings. The lowest BCUT2D eigenvalue weighted by molar-refractivity contribution is 0.553. The number of nitrogens with two attached hydrogens (primary N) is 1. The van der Waals surface area contributed by atoms with Crippen LogP contribution in [0.1, 0.15) is 25.3 Å². The van der Waals surface area contributed by atoms with Gasteiger partial charge >= 0.3 is 0 Å². The average molecular weight is 290 g/mol. The molecule has 1 nitrogen and oxygen atoms in total. The van der Waals surface area contributed by atoms with Crippen LogP contribution in [0.3, 0.4) is 0 Å². The summed E-state index contributed by atoms with van der Waals surface area (Å²) in [6, 6.07) is 4.90. The van der Waals surface area contributed by atoms with Gasteiger partial charge in [-0.05, 0) is 29.7 Å². The van der Waals surface area contributed by atoms with Crippen molar-refractivity contribution in [2.45, 2.75) is 19.8 Å². The second-order valence-corrected chi connectivity index (χ2v) is 5.03. The number of hydrogen-bond acceptors (Lipinski definition) is 1. The molecule has 1 aromatic rings. The predicted octanol–water partition coefficient (Wildman–Crippen LogP) is 3.61. The zero-order valence-electron chi connectivity index (χ0n) is 8.63. The summed E-state index contributed by atoms with van der Waals surface area (Å²) < 4.78 is 14.4. The minimum atomic E-state index is -0.214. The van der Waals surface area contributed by atoms with Crippen LogP contribution in [0, 0.1) is 11.7 Å². The van der Waals surface area contributed by atoms with Gasteiger partial charge in [0.2, 0.25) is 0 Å². The molecule has 15 heavy (non-hydrogen) atoms. The van der Waals surface area contributed by atoms with Gasteiger partial charge in [0, 0.05) is 10.4 Å². The minimum absolute atomic E-state index is 0.0104. The molecule has 0 radical (unpaired) electrons. The maximum absolute atomic E-state index is 13.5. The standard InChI is InChI=1S/C11H13BrFNS/c1-6(7(2)11(14)15)9-5-8(12)3-4-10(9)13/h3-7H,1-2H3,(H2,14,15). The van der Waals surface area contributed by atoms with Gasteiger partial charge in [-0.2, -0.15) is 0 Å². The van der Waals surface area contributed by atoms with Crippen molar-refractivity contribution in [3.63, 3.8) is 0 Å². The average Bonchev–Trinajstić information content (AvgIpc) is 2.19. The van der Waals surface area contributed by atoms with Crippen molar-refractivity contribution >= 4 is 33.1 Å². The van der Waals surface area contributed by atoms with Gasteiger partial charge in [-0.1, -0.05) is 42.0 Å². The van der Waals surface area contributed by atoms with Gasteiger partial charge in [0.05, 0.1) is 4.99 Å². The van der Waals surface area contributed by atoms with Crippen LogP contribution in [-0.2, 0) is 0 Å². The predicted molar refractivity (Wildman–Crippen MR) is 68.5 cm³/mol. The Hall–Kier alpha value is -0.480. The second kappa shape index (κ2) is 5.03. The van der Waals surface area contributed by atoms with E-state index in [1.165, 1.54) is 6.07 Å². The van der Waals surface area contributed by atoms with Crippen LogP contribution in [0.15, 0.2) is 22.7 Å². The highest BCUT2D eigenvalue weighted by atomic mass is 79.9. The van der Waals surface area contributed by atoms with E-state index in [9.17, 15) is 4.39 Å². The molecule has 1 rings (SSSR count). The molecular formula is C11H13BrFNS. The molecule has 4 heteroatoms. The molecule has 0 aromatic heterocycles. The highest BCUT2D eigenvalue weighted by molar-refractivity contribution is 9.10. The quantitative estimate of drug-likeness (QED) is 0.861. The fourth-order valence-electron chi connectivity index (χ4n) is 1.38. The van der Waals surface area contributed by atoms with Crippen molar-refractivity contribution in [1.82, 2.24) is 0 Å². The Morgan fingerprint density at radius 1 is 1.47 bits per heavy atom. The van der Waals surface area contributed by atoms with Gasteiger partial charge in [0.1, 0.15) is 5.82 Å². The third-order valence-corrected chi connectivity index (χ3v) is 3.51. The highest BCUT2D eigenvalue weighted by Gasteiger charge is 2.19. The number of rotatable bonds is 3. The van der Waals surface area contributed by atoms with Gasteiger partial charge in [-0.15, -0.1) is 0 Å². The van der Waals surface area contributed by atoms with E-state index >= 15 is 0 Å². The van der Waals surface area contributed by atoms with Crippen LogP contribution in [0.2, 0.25) is 0 Å². The molecule has 2 unspecified atom stereocenters. The Labute approximate surface area is 103 Å². The zero-order chi connectivity index (χ0) is 11.6. The summed E-state index contributed by atoms with van der Waals surface area (Å²) in [6.07, 6.45) is 0. The van der Waals surface area contributed by atoms with Crippen LogP contribution >= 0.6 is 28.1 Å². The monoisotopic (exact) mass is 289 g/mol. The lowest BCUT2D eigenvalue weighted by atomic mass is 9.88. The van der Waals surface area contributed by atoms with E-state index in [0.29, 0.717) is 10.6 Å². The fraction of sp³-hybridized carbons (Fsp3) is 0.364. The first kappa shape index (κ1) is 12.6. The van der Waals surface area contributed by atoms with Crippen LogP contribution < -0.4 is 5.73 Å². The van der Waals surface area contributed by atoms with Crippen molar-refractivity contribution in [3.05, 3.63) is 34.1 Å². The summed E-state index contributed by atoms with van der Waals surface area (Å²) in [5, 5.41) is 0. The molecule has 0 saturated heterocycles. The van der Waals surface area contributed by atoms with Crippen molar-refractivity contribution < 1.29 is 4.39 Å². The van der Waals surface area contributed by atoms with Gasteiger partial charge in [-0.3, -0.25) is 0 Å². The molecule has 0 aliphatic rings. The van der Waals surface area contributed by atoms with Gasteiger partial charge in [0.25, 0.3) is 0 Å². The Morgan fingerprint density at radius 3 is 2.60 bits per heavy atom. The normalized spacial score (nSPS) is 14.7. The summed E-state index contributed by atoms with van der Waals surface area (Å²) in [7, 11) is 0. The van der Waals surface area contributed by atoms with Crippen LogP contribution in [0.4, 0.5) is 4.39 Å². The van der Waals surface area contributed by atoms with Crippen LogP contribution in [0.5, 0.6) is 0 Å². The van der Waals surface area contributed by atoms with Crippen molar-refractivity contribution in [2.24, 2.45) is 11.7 Å². The lowest BCUT2D eigenvalue weighted by Crippen LogP contribution is -2.23. The highest BCUT2D eigenvalue weighted by Crippen LogP contribution is 2.28. The first-order valence-electron chi connectivity index (χ1n) is 4.67. The summed E-state index contributed by atoms with van der Waals surface area (Å²) >= 11 is 8.23. The molecule has 0 spiro atoms. The smallest absolute Gasteiger partial charge is 0.126 e. The molecule has 0 saturated carbocycles. The van der Waals surface area contributed by atoms with E-state index in [1.54, 1.807) is 12.1 Å². The van der Waals surface area contributed by atoms with Crippen molar-refractivity contribution in [1.29, 1.82) is 0 Å². The Kier molecular flexibility index (Phi) is 4.22. The molecule has 2 atom stereocenters. The first-order valence-corrected chi connectivity index (χ1v) is 5.88. The summed E-state index contributed by atoms with van der Waals surface area (Å²) in [5.74, 6) is -0.238. The molecule has 1 aromatic carbocycles. The van der Waals surface area contributed by atoms with E-state index < -0.39 is 0 Å². The molecule has 2 N–H and O–H groups in total. The zero-order valence-corrected chi connectivity index (χ0v) is 11.0. The van der Waals surface area contributed by atoms with Gasteiger partial charge in [-0.25, -0.2) is 4.39 Å². The molecular weight excluding hydrogens is 277 g/mol. The Bertz CT molecular complexity index is 381. The third-order valence-electron chi connectivity index (χ3n) is 2.65. The maximum atomic E-state index is 13.5. The summed E-state index contributed by atoms with van der Waals surface area (Å²) in [6.45, 7) is 3.84. The molecule has 0 heterocycles. The minimum Gasteiger partial charge on any atom is -0.393 e. The fourth-order valence-corrected chi connectivity index (χ4v) is 1.96. The second-order valence-electron chi connectivity index (χ2n) is 3.65. The summed E-state index contributed by atoms with van der Waals surface area (Å²) in [4.78, 5) is 0.418. The third kappa shape index (κ3) is 2.98. The molecule has 0 bridgehead atoms. The van der Waals surface area contributed by atoms with E-state index in [1.807, 2.05) is 13.8 Å². The number of hydrogen-bond donors (Lipinski definition) is 1. The van der Waals surface area contributed by atoms with Crippen molar-refractivity contribution in [2.75, 3.05) is 0 Å². The van der Waals surface area contributed by atoms with E-state index in [2.05, 4.69) is 15.9 Å². The molecule has 0 amide bonds. The van der Waals surface area contributed by atoms with Crippen LogP contribution in [-0.4, -0.2) is 4.99 Å². The SMILES string of the molecule is CC(C(N)=S)C(C)c1cc(Br)ccc1F. The van der Waals surface area contributed by atoms with E-state index in [4.69, 9.17) is 18.0 Å². The molecule has 0 aliphatic heterocycles. The molecule has 82 valence electrons. The summed E-state index contributed by atoms with van der Waals surface area (Å²) in [5.41, 5.74) is 6.20. The van der Waals surface area contributed by atoms with Crippen LogP contribution in [0.25, 0.3) is 0 Å². The Morgan fingerprint density at radius 2 is 2.07 bits per heavy atom. The number of halogens is 2. The molecule has 0 aliphatic carbocycles. The Balaban J connectivity index is 3.04. The largest absolute Gasteiger partial charge is 0.393 e. The van der Waals surface area contributed by atoms with Gasteiger partial charge in [0.15, 0.2) is 0 Å².